The van der Waals surface area contributed by atoms with Crippen LogP contribution >= 0.6 is 22.6 Å². The number of imidazole rings is 1. The summed E-state index contributed by atoms with van der Waals surface area (Å²) in [4.78, 5) is 14.0. The standard InChI is InChI=1S/C11H3FIN5O2/c12-6-1-9(10(18(19)20)2-7(6)13)17-5-16-8(3-14)11(17)4-15/h1-2,5H. The van der Waals surface area contributed by atoms with Crippen molar-refractivity contribution >= 4 is 28.3 Å². The Labute approximate surface area is 125 Å². The van der Waals surface area contributed by atoms with Crippen molar-refractivity contribution in [2.75, 3.05) is 0 Å². The highest BCUT2D eigenvalue weighted by molar-refractivity contribution is 14.1. The van der Waals surface area contributed by atoms with E-state index >= 15 is 0 Å². The van der Waals surface area contributed by atoms with Crippen molar-refractivity contribution in [2.45, 2.75) is 0 Å². The average molecular weight is 383 g/mol. The molecule has 0 fully saturated rings. The second kappa shape index (κ2) is 5.22. The van der Waals surface area contributed by atoms with Crippen LogP contribution in [0.1, 0.15) is 11.4 Å². The van der Waals surface area contributed by atoms with E-state index < -0.39 is 10.7 Å². The first-order valence-electron chi connectivity index (χ1n) is 5.01. The molecule has 7 nitrogen and oxygen atoms in total. The van der Waals surface area contributed by atoms with Crippen molar-refractivity contribution in [1.29, 1.82) is 10.5 Å². The molecule has 0 radical (unpaired) electrons. The zero-order valence-corrected chi connectivity index (χ0v) is 11.7. The van der Waals surface area contributed by atoms with Crippen molar-refractivity contribution in [3.05, 3.63) is 49.3 Å². The zero-order chi connectivity index (χ0) is 14.9. The van der Waals surface area contributed by atoms with Gasteiger partial charge in [0.25, 0.3) is 5.69 Å². The fourth-order valence-corrected chi connectivity index (χ4v) is 2.04. The van der Waals surface area contributed by atoms with Gasteiger partial charge < -0.3 is 0 Å². The highest BCUT2D eigenvalue weighted by Crippen LogP contribution is 2.28. The van der Waals surface area contributed by atoms with Gasteiger partial charge in [-0.05, 0) is 22.6 Å². The lowest BCUT2D eigenvalue weighted by atomic mass is 10.2. The van der Waals surface area contributed by atoms with Crippen LogP contribution in [-0.2, 0) is 0 Å². The molecule has 0 bridgehead atoms. The van der Waals surface area contributed by atoms with Crippen LogP contribution in [0.15, 0.2) is 18.5 Å². The lowest BCUT2D eigenvalue weighted by Crippen LogP contribution is -2.03. The third kappa shape index (κ3) is 2.19. The van der Waals surface area contributed by atoms with E-state index in [2.05, 4.69) is 4.98 Å². The minimum absolute atomic E-state index is 0.0807. The van der Waals surface area contributed by atoms with Gasteiger partial charge in [-0.2, -0.15) is 10.5 Å². The SMILES string of the molecule is N#Cc1ncn(-c2cc(F)c(I)cc2[N+](=O)[O-])c1C#N. The number of nitriles is 2. The molecule has 9 heteroatoms. The molecule has 98 valence electrons. The third-order valence-corrected chi connectivity index (χ3v) is 3.28. The summed E-state index contributed by atoms with van der Waals surface area (Å²) in [5.74, 6) is -0.665. The minimum Gasteiger partial charge on any atom is -0.283 e. The molecule has 0 aliphatic heterocycles. The zero-order valence-electron chi connectivity index (χ0n) is 9.54. The molecular formula is C11H3FIN5O2. The summed E-state index contributed by atoms with van der Waals surface area (Å²) in [6.07, 6.45) is 1.08. The maximum Gasteiger partial charge on any atom is 0.294 e. The second-order valence-corrected chi connectivity index (χ2v) is 4.71. The number of rotatable bonds is 2. The molecule has 1 heterocycles. The van der Waals surface area contributed by atoms with Crippen molar-refractivity contribution < 1.29 is 9.31 Å². The second-order valence-electron chi connectivity index (χ2n) is 3.55. The van der Waals surface area contributed by atoms with Crippen LogP contribution < -0.4 is 0 Å². The molecule has 2 aromatic rings. The number of nitrogens with zero attached hydrogens (tertiary/aromatic N) is 5. The van der Waals surface area contributed by atoms with Crippen LogP contribution in [0.25, 0.3) is 5.69 Å². The molecule has 0 atom stereocenters. The summed E-state index contributed by atoms with van der Waals surface area (Å²) in [5.41, 5.74) is -0.898. The summed E-state index contributed by atoms with van der Waals surface area (Å²) in [5, 5.41) is 28.8. The van der Waals surface area contributed by atoms with Gasteiger partial charge in [-0.3, -0.25) is 14.7 Å². The molecule has 0 aliphatic carbocycles. The van der Waals surface area contributed by atoms with E-state index in [1.165, 1.54) is 0 Å². The highest BCUT2D eigenvalue weighted by Gasteiger charge is 2.22. The van der Waals surface area contributed by atoms with Gasteiger partial charge >= 0.3 is 0 Å². The van der Waals surface area contributed by atoms with Gasteiger partial charge in [0.15, 0.2) is 11.4 Å². The normalized spacial score (nSPS) is 9.80. The van der Waals surface area contributed by atoms with Gasteiger partial charge in [-0.15, -0.1) is 0 Å². The highest BCUT2D eigenvalue weighted by atomic mass is 127. The van der Waals surface area contributed by atoms with E-state index in [9.17, 15) is 14.5 Å². The van der Waals surface area contributed by atoms with Crippen LogP contribution in [0.2, 0.25) is 0 Å². The molecule has 0 saturated carbocycles. The minimum atomic E-state index is -0.690. The van der Waals surface area contributed by atoms with Crippen LogP contribution in [-0.4, -0.2) is 14.5 Å². The third-order valence-electron chi connectivity index (χ3n) is 2.45. The topological polar surface area (TPSA) is 109 Å². The number of benzene rings is 1. The molecule has 2 rings (SSSR count). The fraction of sp³-hybridized carbons (Fsp3) is 0. The van der Waals surface area contributed by atoms with E-state index in [4.69, 9.17) is 10.5 Å². The van der Waals surface area contributed by atoms with Gasteiger partial charge in [0.1, 0.15) is 30.0 Å². The number of halogens is 2. The molecule has 0 unspecified atom stereocenters. The van der Waals surface area contributed by atoms with E-state index in [-0.39, 0.29) is 26.3 Å². The van der Waals surface area contributed by atoms with Gasteiger partial charge in [0.05, 0.1) is 8.49 Å². The van der Waals surface area contributed by atoms with Crippen molar-refractivity contribution in [1.82, 2.24) is 9.55 Å². The Balaban J connectivity index is 2.80. The monoisotopic (exact) mass is 383 g/mol. The van der Waals surface area contributed by atoms with Gasteiger partial charge in [0.2, 0.25) is 0 Å². The molecule has 1 aromatic heterocycles. The predicted octanol–water partition coefficient (Wildman–Crippen LogP) is 2.27. The Hall–Kier alpha value is -2.53. The first-order chi connectivity index (χ1) is 9.49. The number of nitro benzene ring substituents is 1. The Morgan fingerprint density at radius 2 is 2.10 bits per heavy atom. The molecule has 0 saturated heterocycles. The van der Waals surface area contributed by atoms with E-state index in [1.54, 1.807) is 34.7 Å². The molecule has 0 amide bonds. The maximum atomic E-state index is 13.6. The molecule has 0 N–H and O–H groups in total. The summed E-state index contributed by atoms with van der Waals surface area (Å²) in [6.45, 7) is 0. The van der Waals surface area contributed by atoms with Crippen molar-refractivity contribution in [3.63, 3.8) is 0 Å². The smallest absolute Gasteiger partial charge is 0.283 e. The number of hydrogen-bond acceptors (Lipinski definition) is 5. The maximum absolute atomic E-state index is 13.6. The summed E-state index contributed by atoms with van der Waals surface area (Å²) in [7, 11) is 0. The summed E-state index contributed by atoms with van der Waals surface area (Å²) in [6, 6.07) is 5.40. The average Bonchev–Trinajstić information content (AvgIpc) is 2.83. The number of aromatic nitrogens is 2. The summed E-state index contributed by atoms with van der Waals surface area (Å²) < 4.78 is 14.7. The van der Waals surface area contributed by atoms with Crippen LogP contribution in [0.5, 0.6) is 0 Å². The lowest BCUT2D eigenvalue weighted by Gasteiger charge is -2.06. The van der Waals surface area contributed by atoms with E-state index in [1.807, 2.05) is 0 Å². The first kappa shape index (κ1) is 13.9. The molecule has 0 spiro atoms. The van der Waals surface area contributed by atoms with Crippen molar-refractivity contribution in [2.24, 2.45) is 0 Å². The quantitative estimate of drug-likeness (QED) is 0.449. The fourth-order valence-electron chi connectivity index (χ4n) is 1.58. The Morgan fingerprint density at radius 3 is 2.65 bits per heavy atom. The van der Waals surface area contributed by atoms with E-state index in [0.717, 1.165) is 23.0 Å². The number of hydrogen-bond donors (Lipinski definition) is 0. The molecule has 0 aliphatic rings. The predicted molar refractivity (Wildman–Crippen MR) is 72.3 cm³/mol. The molecule has 20 heavy (non-hydrogen) atoms. The van der Waals surface area contributed by atoms with Gasteiger partial charge in [-0.1, -0.05) is 0 Å². The molecular weight excluding hydrogens is 380 g/mol. The van der Waals surface area contributed by atoms with Gasteiger partial charge in [0, 0.05) is 12.1 Å². The van der Waals surface area contributed by atoms with Gasteiger partial charge in [-0.25, -0.2) is 9.37 Å². The van der Waals surface area contributed by atoms with Crippen LogP contribution in [0.3, 0.4) is 0 Å². The summed E-state index contributed by atoms with van der Waals surface area (Å²) >= 11 is 1.63. The van der Waals surface area contributed by atoms with Crippen LogP contribution in [0, 0.1) is 42.2 Å². The Kier molecular flexibility index (Phi) is 3.63. The van der Waals surface area contributed by atoms with Crippen LogP contribution in [0.4, 0.5) is 10.1 Å². The largest absolute Gasteiger partial charge is 0.294 e. The van der Waals surface area contributed by atoms with E-state index in [0.29, 0.717) is 0 Å². The first-order valence-corrected chi connectivity index (χ1v) is 6.08. The Morgan fingerprint density at radius 1 is 1.40 bits per heavy atom. The molecule has 1 aromatic carbocycles. The lowest BCUT2D eigenvalue weighted by molar-refractivity contribution is -0.384. The van der Waals surface area contributed by atoms with Crippen molar-refractivity contribution in [3.8, 4) is 17.8 Å². The number of nitro groups is 1. The Bertz CT molecular complexity index is 802.